The Morgan fingerprint density at radius 3 is 2.37 bits per heavy atom. The number of benzene rings is 1. The van der Waals surface area contributed by atoms with E-state index in [-0.39, 0.29) is 30.7 Å². The number of amides is 2. The number of carbonyl (C=O) groups excluding carboxylic acids is 3. The second kappa shape index (κ2) is 9.53. The maximum atomic E-state index is 12.4. The average molecular weight is 376 g/mol. The van der Waals surface area contributed by atoms with Crippen LogP contribution in [0, 0.1) is 5.41 Å². The molecule has 0 bridgehead atoms. The van der Waals surface area contributed by atoms with Gasteiger partial charge >= 0.3 is 5.97 Å². The summed E-state index contributed by atoms with van der Waals surface area (Å²) >= 11 is 0. The highest BCUT2D eigenvalue weighted by Crippen LogP contribution is 2.07. The van der Waals surface area contributed by atoms with Gasteiger partial charge in [-0.15, -0.1) is 0 Å². The van der Waals surface area contributed by atoms with Crippen LogP contribution in [0.4, 0.5) is 0 Å². The first-order valence-electron chi connectivity index (χ1n) is 8.50. The molecule has 1 saturated heterocycles. The molecule has 1 aromatic carbocycles. The molecule has 0 aromatic heterocycles. The zero-order chi connectivity index (χ0) is 19.8. The first kappa shape index (κ1) is 20.2. The molecule has 1 fully saturated rings. The normalized spacial score (nSPS) is 14.3. The van der Waals surface area contributed by atoms with Crippen LogP contribution < -0.4 is 16.5 Å². The van der Waals surface area contributed by atoms with Crippen LogP contribution in [0.15, 0.2) is 24.3 Å². The van der Waals surface area contributed by atoms with Crippen molar-refractivity contribution in [2.75, 3.05) is 39.8 Å². The van der Waals surface area contributed by atoms with Crippen LogP contribution in [0.1, 0.15) is 27.1 Å². The lowest BCUT2D eigenvalue weighted by atomic mass is 10.1. The Balaban J connectivity index is 1.88. The highest BCUT2D eigenvalue weighted by Gasteiger charge is 2.20. The number of nitrogens with two attached hydrogens (primary N) is 1. The minimum atomic E-state index is -0.409. The van der Waals surface area contributed by atoms with Crippen LogP contribution in [-0.2, 0) is 9.53 Å². The third-order valence-electron chi connectivity index (χ3n) is 4.11. The van der Waals surface area contributed by atoms with E-state index in [1.54, 1.807) is 28.1 Å². The molecule has 1 heterocycles. The molecule has 0 saturated carbocycles. The van der Waals surface area contributed by atoms with Gasteiger partial charge in [0.25, 0.3) is 11.8 Å². The number of carbonyl (C=O) groups is 3. The summed E-state index contributed by atoms with van der Waals surface area (Å²) in [7, 11) is 1.28. The number of rotatable bonds is 6. The van der Waals surface area contributed by atoms with Crippen molar-refractivity contribution in [2.24, 2.45) is 5.73 Å². The van der Waals surface area contributed by atoms with Crippen molar-refractivity contribution in [1.29, 1.82) is 5.41 Å². The number of nitrogens with one attached hydrogen (secondary N) is 3. The van der Waals surface area contributed by atoms with Crippen LogP contribution in [-0.4, -0.2) is 73.5 Å². The third kappa shape index (κ3) is 5.96. The highest BCUT2D eigenvalue weighted by atomic mass is 16.5. The molecular weight excluding hydrogens is 352 g/mol. The topological polar surface area (TPSA) is 141 Å². The second-order valence-corrected chi connectivity index (χ2v) is 5.96. The summed E-state index contributed by atoms with van der Waals surface area (Å²) in [5.41, 5.74) is 8.92. The van der Waals surface area contributed by atoms with E-state index in [0.29, 0.717) is 37.3 Å². The van der Waals surface area contributed by atoms with Gasteiger partial charge in [-0.2, -0.15) is 0 Å². The lowest BCUT2D eigenvalue weighted by Crippen LogP contribution is -2.55. The number of piperazine rings is 1. The van der Waals surface area contributed by atoms with Crippen molar-refractivity contribution in [1.82, 2.24) is 20.7 Å². The fourth-order valence-electron chi connectivity index (χ4n) is 2.55. The fourth-order valence-corrected chi connectivity index (χ4v) is 2.55. The van der Waals surface area contributed by atoms with Crippen LogP contribution in [0.5, 0.6) is 0 Å². The number of hydrogen-bond donors (Lipinski definition) is 4. The monoisotopic (exact) mass is 376 g/mol. The summed E-state index contributed by atoms with van der Waals surface area (Å²) < 4.78 is 4.51. The summed E-state index contributed by atoms with van der Waals surface area (Å²) in [4.78, 5) is 37.3. The predicted molar refractivity (Wildman–Crippen MR) is 97.9 cm³/mol. The van der Waals surface area contributed by atoms with E-state index in [2.05, 4.69) is 15.5 Å². The molecule has 27 heavy (non-hydrogen) atoms. The zero-order valence-electron chi connectivity index (χ0n) is 15.2. The molecule has 0 radical (unpaired) electrons. The second-order valence-electron chi connectivity index (χ2n) is 5.96. The van der Waals surface area contributed by atoms with E-state index in [4.69, 9.17) is 11.1 Å². The maximum Gasteiger partial charge on any atom is 0.307 e. The Bertz CT molecular complexity index is 715. The maximum absolute atomic E-state index is 12.4. The van der Waals surface area contributed by atoms with E-state index >= 15 is 0 Å². The summed E-state index contributed by atoms with van der Waals surface area (Å²) in [6.07, 6.45) is 0.0780. The number of ether oxygens (including phenoxy) is 1. The van der Waals surface area contributed by atoms with Crippen molar-refractivity contribution in [3.63, 3.8) is 0 Å². The number of hydrazine groups is 1. The van der Waals surface area contributed by atoms with Crippen molar-refractivity contribution in [2.45, 2.75) is 6.42 Å². The molecule has 1 aromatic rings. The first-order valence-corrected chi connectivity index (χ1v) is 8.50. The summed E-state index contributed by atoms with van der Waals surface area (Å²) in [5, 5.41) is 11.8. The lowest BCUT2D eigenvalue weighted by molar-refractivity contribution is -0.140. The van der Waals surface area contributed by atoms with Crippen molar-refractivity contribution >= 4 is 23.7 Å². The smallest absolute Gasteiger partial charge is 0.307 e. The molecule has 0 unspecified atom stereocenters. The van der Waals surface area contributed by atoms with Gasteiger partial charge in [0.05, 0.1) is 13.5 Å². The minimum Gasteiger partial charge on any atom is -0.469 e. The SMILES string of the molecule is COC(=O)CCNC(=O)c1cccc(C(=O)NN2CCN(C(=N)N)CC2)c1. The Morgan fingerprint density at radius 2 is 1.78 bits per heavy atom. The van der Waals surface area contributed by atoms with Gasteiger partial charge in [0.15, 0.2) is 5.96 Å². The molecule has 1 aliphatic rings. The third-order valence-corrected chi connectivity index (χ3v) is 4.11. The largest absolute Gasteiger partial charge is 0.469 e. The lowest BCUT2D eigenvalue weighted by Gasteiger charge is -2.34. The number of methoxy groups -OCH3 is 1. The molecule has 2 amide bonds. The Morgan fingerprint density at radius 1 is 1.15 bits per heavy atom. The number of nitrogens with zero attached hydrogens (tertiary/aromatic N) is 2. The number of guanidine groups is 1. The highest BCUT2D eigenvalue weighted by molar-refractivity contribution is 5.99. The Labute approximate surface area is 157 Å². The summed E-state index contributed by atoms with van der Waals surface area (Å²) in [6.45, 7) is 2.34. The van der Waals surface area contributed by atoms with E-state index in [1.165, 1.54) is 13.2 Å². The molecule has 0 spiro atoms. The van der Waals surface area contributed by atoms with Gasteiger partial charge in [0, 0.05) is 43.9 Å². The average Bonchev–Trinajstić information content (AvgIpc) is 2.68. The van der Waals surface area contributed by atoms with E-state index in [0.717, 1.165) is 0 Å². The van der Waals surface area contributed by atoms with Crippen molar-refractivity contribution < 1.29 is 19.1 Å². The van der Waals surface area contributed by atoms with Gasteiger partial charge in [0.1, 0.15) is 0 Å². The van der Waals surface area contributed by atoms with Gasteiger partial charge < -0.3 is 20.7 Å². The van der Waals surface area contributed by atoms with Gasteiger partial charge in [-0.05, 0) is 18.2 Å². The van der Waals surface area contributed by atoms with Crippen LogP contribution in [0.25, 0.3) is 0 Å². The molecule has 0 aliphatic carbocycles. The van der Waals surface area contributed by atoms with Crippen LogP contribution >= 0.6 is 0 Å². The number of hydrogen-bond acceptors (Lipinski definition) is 6. The van der Waals surface area contributed by atoms with E-state index < -0.39 is 5.97 Å². The zero-order valence-corrected chi connectivity index (χ0v) is 15.2. The van der Waals surface area contributed by atoms with Gasteiger partial charge in [0.2, 0.25) is 0 Å². The van der Waals surface area contributed by atoms with E-state index in [9.17, 15) is 14.4 Å². The molecule has 5 N–H and O–H groups in total. The molecule has 10 heteroatoms. The van der Waals surface area contributed by atoms with Crippen molar-refractivity contribution in [3.8, 4) is 0 Å². The van der Waals surface area contributed by atoms with Gasteiger partial charge in [-0.25, -0.2) is 5.01 Å². The summed E-state index contributed by atoms with van der Waals surface area (Å²) in [5.74, 6) is -1.08. The molecule has 0 atom stereocenters. The molecular formula is C17H24N6O4. The summed E-state index contributed by atoms with van der Waals surface area (Å²) in [6, 6.07) is 6.33. The Hall–Kier alpha value is -3.14. The number of esters is 1. The quantitative estimate of drug-likeness (QED) is 0.287. The first-order chi connectivity index (χ1) is 12.9. The molecule has 146 valence electrons. The van der Waals surface area contributed by atoms with Crippen LogP contribution in [0.2, 0.25) is 0 Å². The standard InChI is InChI=1S/C17H24N6O4/c1-27-14(24)5-6-20-15(25)12-3-2-4-13(11-12)16(26)21-23-9-7-22(8-10-23)17(18)19/h2-4,11H,5-10H2,1H3,(H3,18,19)(H,20,25)(H,21,26). The van der Waals surface area contributed by atoms with E-state index in [1.807, 2.05) is 0 Å². The Kier molecular flexibility index (Phi) is 7.12. The fraction of sp³-hybridized carbons (Fsp3) is 0.412. The predicted octanol–water partition coefficient (Wildman–Crippen LogP) is -0.865. The van der Waals surface area contributed by atoms with Gasteiger partial charge in [-0.3, -0.25) is 25.2 Å². The molecule has 2 rings (SSSR count). The minimum absolute atomic E-state index is 0.0203. The molecule has 10 nitrogen and oxygen atoms in total. The van der Waals surface area contributed by atoms with Gasteiger partial charge in [-0.1, -0.05) is 6.07 Å². The van der Waals surface area contributed by atoms with Crippen LogP contribution in [0.3, 0.4) is 0 Å². The molecule has 1 aliphatic heterocycles. The van der Waals surface area contributed by atoms with Crippen molar-refractivity contribution in [3.05, 3.63) is 35.4 Å².